The van der Waals surface area contributed by atoms with Crippen LogP contribution in [-0.2, 0) is 0 Å². The standard InChI is InChI=1S/C14H19N3O2.2ClH/c1-2-5-13(16-10-8-15-9-11-16)12-6-3-4-7-14(12)17(18)19;;/h2-4,6-7,13,15H,1,5,8-11H2;2*1H/t13-;;/m1../s1. The third kappa shape index (κ3) is 4.97. The summed E-state index contributed by atoms with van der Waals surface area (Å²) in [7, 11) is 0. The van der Waals surface area contributed by atoms with Gasteiger partial charge in [0.15, 0.2) is 0 Å². The molecule has 1 aliphatic rings. The number of nitrogens with zero attached hydrogens (tertiary/aromatic N) is 2. The Morgan fingerprint density at radius 2 is 1.95 bits per heavy atom. The van der Waals surface area contributed by atoms with E-state index < -0.39 is 0 Å². The summed E-state index contributed by atoms with van der Waals surface area (Å²) >= 11 is 0. The van der Waals surface area contributed by atoms with Crippen molar-refractivity contribution >= 4 is 30.5 Å². The maximum atomic E-state index is 11.2. The van der Waals surface area contributed by atoms with E-state index in [2.05, 4.69) is 16.8 Å². The molecule has 0 unspecified atom stereocenters. The Morgan fingerprint density at radius 1 is 1.33 bits per heavy atom. The highest BCUT2D eigenvalue weighted by molar-refractivity contribution is 5.85. The minimum Gasteiger partial charge on any atom is -0.314 e. The lowest BCUT2D eigenvalue weighted by atomic mass is 9.99. The number of piperazine rings is 1. The van der Waals surface area contributed by atoms with E-state index in [9.17, 15) is 10.1 Å². The number of hydrogen-bond acceptors (Lipinski definition) is 4. The fourth-order valence-electron chi connectivity index (χ4n) is 2.56. The second kappa shape index (κ2) is 9.73. The second-order valence-electron chi connectivity index (χ2n) is 4.64. The zero-order chi connectivity index (χ0) is 13.7. The van der Waals surface area contributed by atoms with Crippen molar-refractivity contribution in [3.8, 4) is 0 Å². The van der Waals surface area contributed by atoms with Crippen molar-refractivity contribution < 1.29 is 4.92 Å². The van der Waals surface area contributed by atoms with Crippen LogP contribution in [0.25, 0.3) is 0 Å². The summed E-state index contributed by atoms with van der Waals surface area (Å²) in [6, 6.07) is 7.05. The van der Waals surface area contributed by atoms with Crippen LogP contribution in [0.3, 0.4) is 0 Å². The first-order chi connectivity index (χ1) is 9.24. The first-order valence-corrected chi connectivity index (χ1v) is 6.53. The first-order valence-electron chi connectivity index (χ1n) is 6.53. The Kier molecular flexibility index (Phi) is 9.21. The van der Waals surface area contributed by atoms with Gasteiger partial charge in [0, 0.05) is 43.9 Å². The highest BCUT2D eigenvalue weighted by Crippen LogP contribution is 2.31. The van der Waals surface area contributed by atoms with Gasteiger partial charge < -0.3 is 5.32 Å². The minimum atomic E-state index is -0.298. The molecule has 1 fully saturated rings. The maximum Gasteiger partial charge on any atom is 0.274 e. The van der Waals surface area contributed by atoms with Crippen LogP contribution < -0.4 is 5.32 Å². The van der Waals surface area contributed by atoms with Gasteiger partial charge in [-0.3, -0.25) is 15.0 Å². The highest BCUT2D eigenvalue weighted by atomic mass is 35.5. The number of nitro groups is 1. The van der Waals surface area contributed by atoms with Gasteiger partial charge in [-0.05, 0) is 6.42 Å². The summed E-state index contributed by atoms with van der Waals surface area (Å²) in [5.41, 5.74) is 0.988. The van der Waals surface area contributed by atoms with Crippen LogP contribution in [0.4, 0.5) is 5.69 Å². The molecule has 1 aromatic carbocycles. The Bertz CT molecular complexity index is 465. The highest BCUT2D eigenvalue weighted by Gasteiger charge is 2.26. The van der Waals surface area contributed by atoms with Crippen molar-refractivity contribution in [1.29, 1.82) is 0 Å². The van der Waals surface area contributed by atoms with Gasteiger partial charge in [0.1, 0.15) is 0 Å². The molecular weight excluding hydrogens is 313 g/mol. The lowest BCUT2D eigenvalue weighted by Crippen LogP contribution is -2.45. The average molecular weight is 334 g/mol. The van der Waals surface area contributed by atoms with Crippen molar-refractivity contribution in [3.63, 3.8) is 0 Å². The molecule has 1 atom stereocenters. The normalized spacial score (nSPS) is 16.2. The summed E-state index contributed by atoms with van der Waals surface area (Å²) in [4.78, 5) is 13.2. The van der Waals surface area contributed by atoms with E-state index in [0.29, 0.717) is 0 Å². The van der Waals surface area contributed by atoms with Crippen LogP contribution in [0.1, 0.15) is 18.0 Å². The maximum absolute atomic E-state index is 11.2. The number of halogens is 2. The summed E-state index contributed by atoms with van der Waals surface area (Å²) < 4.78 is 0. The number of nitrogens with one attached hydrogen (secondary N) is 1. The van der Waals surface area contributed by atoms with Crippen molar-refractivity contribution in [2.75, 3.05) is 26.2 Å². The van der Waals surface area contributed by atoms with Gasteiger partial charge in [0.05, 0.1) is 4.92 Å². The fraction of sp³-hybridized carbons (Fsp3) is 0.429. The van der Waals surface area contributed by atoms with E-state index in [-0.39, 0.29) is 41.5 Å². The smallest absolute Gasteiger partial charge is 0.274 e. The summed E-state index contributed by atoms with van der Waals surface area (Å²) in [5, 5.41) is 14.5. The third-order valence-corrected chi connectivity index (χ3v) is 3.47. The summed E-state index contributed by atoms with van der Waals surface area (Å²) in [6.45, 7) is 7.45. The van der Waals surface area contributed by atoms with Crippen molar-refractivity contribution in [3.05, 3.63) is 52.6 Å². The number of hydrogen-bond donors (Lipinski definition) is 1. The van der Waals surface area contributed by atoms with E-state index >= 15 is 0 Å². The van der Waals surface area contributed by atoms with Crippen molar-refractivity contribution in [2.45, 2.75) is 12.5 Å². The molecule has 0 radical (unpaired) electrons. The number of nitro benzene ring substituents is 1. The van der Waals surface area contributed by atoms with Crippen molar-refractivity contribution in [1.82, 2.24) is 10.2 Å². The van der Waals surface area contributed by atoms with E-state index in [1.807, 2.05) is 18.2 Å². The number of rotatable bonds is 5. The predicted molar refractivity (Wildman–Crippen MR) is 89.6 cm³/mol. The number of para-hydroxylation sites is 1. The SMILES string of the molecule is C=CC[C@H](c1ccccc1[N+](=O)[O-])N1CCNCC1.Cl.Cl. The van der Waals surface area contributed by atoms with Gasteiger partial charge in [-0.1, -0.05) is 24.3 Å². The van der Waals surface area contributed by atoms with E-state index in [1.54, 1.807) is 12.1 Å². The topological polar surface area (TPSA) is 58.4 Å². The lowest BCUT2D eigenvalue weighted by molar-refractivity contribution is -0.386. The molecule has 1 heterocycles. The Hall–Kier alpha value is -1.14. The molecule has 5 nitrogen and oxygen atoms in total. The predicted octanol–water partition coefficient (Wildman–Crippen LogP) is 2.96. The van der Waals surface area contributed by atoms with Gasteiger partial charge in [-0.2, -0.15) is 0 Å². The molecule has 0 amide bonds. The van der Waals surface area contributed by atoms with Gasteiger partial charge in [0.2, 0.25) is 0 Å². The van der Waals surface area contributed by atoms with E-state index in [0.717, 1.165) is 38.2 Å². The molecule has 7 heteroatoms. The van der Waals surface area contributed by atoms with Crippen LogP contribution in [-0.4, -0.2) is 36.0 Å². The Labute approximate surface area is 137 Å². The molecule has 21 heavy (non-hydrogen) atoms. The van der Waals surface area contributed by atoms with Crippen molar-refractivity contribution in [2.24, 2.45) is 0 Å². The third-order valence-electron chi connectivity index (χ3n) is 3.47. The van der Waals surface area contributed by atoms with Gasteiger partial charge in [-0.25, -0.2) is 0 Å². The molecule has 0 spiro atoms. The summed E-state index contributed by atoms with van der Waals surface area (Å²) in [6.07, 6.45) is 2.56. The Morgan fingerprint density at radius 3 is 2.52 bits per heavy atom. The zero-order valence-electron chi connectivity index (χ0n) is 11.7. The quantitative estimate of drug-likeness (QED) is 0.511. The molecule has 118 valence electrons. The van der Waals surface area contributed by atoms with E-state index in [4.69, 9.17) is 0 Å². The molecule has 0 saturated carbocycles. The van der Waals surface area contributed by atoms with Crippen LogP contribution >= 0.6 is 24.8 Å². The van der Waals surface area contributed by atoms with Gasteiger partial charge in [-0.15, -0.1) is 31.4 Å². The molecule has 1 aromatic rings. The molecule has 1 N–H and O–H groups in total. The molecule has 0 bridgehead atoms. The molecule has 0 aliphatic carbocycles. The monoisotopic (exact) mass is 333 g/mol. The Balaban J connectivity index is 0.00000200. The zero-order valence-corrected chi connectivity index (χ0v) is 13.4. The molecule has 1 aliphatic heterocycles. The van der Waals surface area contributed by atoms with E-state index in [1.165, 1.54) is 0 Å². The molecule has 1 saturated heterocycles. The average Bonchev–Trinajstić information content (AvgIpc) is 2.45. The van der Waals surface area contributed by atoms with Crippen LogP contribution in [0.2, 0.25) is 0 Å². The van der Waals surface area contributed by atoms with Crippen LogP contribution in [0.5, 0.6) is 0 Å². The molecule has 2 rings (SSSR count). The largest absolute Gasteiger partial charge is 0.314 e. The fourth-order valence-corrected chi connectivity index (χ4v) is 2.56. The summed E-state index contributed by atoms with van der Waals surface area (Å²) in [5.74, 6) is 0. The van der Waals surface area contributed by atoms with Gasteiger partial charge in [0.25, 0.3) is 5.69 Å². The van der Waals surface area contributed by atoms with Crippen LogP contribution in [0, 0.1) is 10.1 Å². The van der Waals surface area contributed by atoms with Crippen LogP contribution in [0.15, 0.2) is 36.9 Å². The number of benzene rings is 1. The second-order valence-corrected chi connectivity index (χ2v) is 4.64. The molecule has 0 aromatic heterocycles. The lowest BCUT2D eigenvalue weighted by Gasteiger charge is -2.34. The molecular formula is C14H21Cl2N3O2. The first kappa shape index (κ1) is 19.9. The van der Waals surface area contributed by atoms with Gasteiger partial charge >= 0.3 is 0 Å². The minimum absolute atomic E-state index is 0.